The summed E-state index contributed by atoms with van der Waals surface area (Å²) in [6.07, 6.45) is 1.71. The number of aliphatic hydroxyl groups is 1. The highest BCUT2D eigenvalue weighted by atomic mass is 16.3. The molecule has 0 amide bonds. The van der Waals surface area contributed by atoms with E-state index in [-0.39, 0.29) is 17.8 Å². The van der Waals surface area contributed by atoms with E-state index in [0.717, 1.165) is 0 Å². The minimum absolute atomic E-state index is 0.0730. The minimum Gasteiger partial charge on any atom is -0.394 e. The summed E-state index contributed by atoms with van der Waals surface area (Å²) in [7, 11) is 1.93. The van der Waals surface area contributed by atoms with Crippen LogP contribution in [0.15, 0.2) is 29.2 Å². The van der Waals surface area contributed by atoms with Gasteiger partial charge in [-0.2, -0.15) is 0 Å². The zero-order valence-electron chi connectivity index (χ0n) is 11.6. The van der Waals surface area contributed by atoms with E-state index in [1.807, 2.05) is 31.9 Å². The highest BCUT2D eigenvalue weighted by Gasteiger charge is 2.22. The summed E-state index contributed by atoms with van der Waals surface area (Å²) in [5, 5.41) is 13.6. The van der Waals surface area contributed by atoms with Crippen LogP contribution in [-0.4, -0.2) is 49.9 Å². The van der Waals surface area contributed by atoms with Crippen LogP contribution in [0, 0.1) is 0 Å². The first-order valence-corrected chi connectivity index (χ1v) is 6.32. The first-order chi connectivity index (χ1) is 8.95. The third-order valence-electron chi connectivity index (χ3n) is 3.56. The SMILES string of the molecule is CN(CCn1nc2ccccn2c1=O)C(C)(C)CO. The third kappa shape index (κ3) is 2.69. The molecule has 0 unspecified atom stereocenters. The fourth-order valence-corrected chi connectivity index (χ4v) is 1.78. The fourth-order valence-electron chi connectivity index (χ4n) is 1.78. The summed E-state index contributed by atoms with van der Waals surface area (Å²) in [6.45, 7) is 5.14. The molecule has 0 atom stereocenters. The summed E-state index contributed by atoms with van der Waals surface area (Å²) < 4.78 is 2.98. The molecule has 0 spiro atoms. The van der Waals surface area contributed by atoms with Gasteiger partial charge >= 0.3 is 5.69 Å². The summed E-state index contributed by atoms with van der Waals surface area (Å²) in [5.41, 5.74) is 0.213. The maximum absolute atomic E-state index is 12.1. The van der Waals surface area contributed by atoms with Crippen molar-refractivity contribution in [2.24, 2.45) is 0 Å². The van der Waals surface area contributed by atoms with Crippen molar-refractivity contribution in [2.75, 3.05) is 20.2 Å². The van der Waals surface area contributed by atoms with Crippen LogP contribution in [-0.2, 0) is 6.54 Å². The van der Waals surface area contributed by atoms with Crippen LogP contribution >= 0.6 is 0 Å². The molecule has 0 aromatic carbocycles. The van der Waals surface area contributed by atoms with Crippen LogP contribution in [0.4, 0.5) is 0 Å². The number of fused-ring (bicyclic) bond motifs is 1. The van der Waals surface area contributed by atoms with Gasteiger partial charge in [0, 0.05) is 18.3 Å². The lowest BCUT2D eigenvalue weighted by Gasteiger charge is -2.33. The van der Waals surface area contributed by atoms with Crippen molar-refractivity contribution >= 4 is 5.65 Å². The molecule has 0 aliphatic carbocycles. The smallest absolute Gasteiger partial charge is 0.350 e. The maximum atomic E-state index is 12.1. The molecule has 6 heteroatoms. The van der Waals surface area contributed by atoms with Crippen molar-refractivity contribution < 1.29 is 5.11 Å². The number of hydrogen-bond donors (Lipinski definition) is 1. The van der Waals surface area contributed by atoms with Crippen molar-refractivity contribution in [3.05, 3.63) is 34.9 Å². The summed E-state index contributed by atoms with van der Waals surface area (Å²) >= 11 is 0. The molecular formula is C13H20N4O2. The van der Waals surface area contributed by atoms with E-state index in [4.69, 9.17) is 0 Å². The number of nitrogens with zero attached hydrogens (tertiary/aromatic N) is 4. The van der Waals surface area contributed by atoms with Gasteiger partial charge in [0.1, 0.15) is 0 Å². The first-order valence-electron chi connectivity index (χ1n) is 6.32. The lowest BCUT2D eigenvalue weighted by atomic mass is 10.1. The second-order valence-electron chi connectivity index (χ2n) is 5.33. The lowest BCUT2D eigenvalue weighted by Crippen LogP contribution is -2.46. The first kappa shape index (κ1) is 13.8. The Hall–Kier alpha value is -1.66. The number of hydrogen-bond acceptors (Lipinski definition) is 4. The van der Waals surface area contributed by atoms with Gasteiger partial charge in [0.15, 0.2) is 5.65 Å². The van der Waals surface area contributed by atoms with Gasteiger partial charge in [0.05, 0.1) is 13.2 Å². The van der Waals surface area contributed by atoms with Crippen molar-refractivity contribution in [3.63, 3.8) is 0 Å². The van der Waals surface area contributed by atoms with Gasteiger partial charge in [0.2, 0.25) is 0 Å². The van der Waals surface area contributed by atoms with E-state index < -0.39 is 0 Å². The summed E-state index contributed by atoms with van der Waals surface area (Å²) in [6, 6.07) is 5.47. The number of likely N-dealkylation sites (N-methyl/N-ethyl adjacent to an activating group) is 1. The molecule has 1 N–H and O–H groups in total. The molecule has 2 heterocycles. The molecule has 2 rings (SSSR count). The van der Waals surface area contributed by atoms with Gasteiger partial charge < -0.3 is 5.11 Å². The number of aromatic nitrogens is 3. The van der Waals surface area contributed by atoms with E-state index in [0.29, 0.717) is 18.7 Å². The van der Waals surface area contributed by atoms with E-state index in [1.54, 1.807) is 18.3 Å². The van der Waals surface area contributed by atoms with E-state index in [9.17, 15) is 9.90 Å². The molecule has 0 saturated heterocycles. The van der Waals surface area contributed by atoms with Crippen LogP contribution in [0.5, 0.6) is 0 Å². The van der Waals surface area contributed by atoms with Crippen LogP contribution < -0.4 is 5.69 Å². The Morgan fingerprint density at radius 3 is 2.79 bits per heavy atom. The average Bonchev–Trinajstić information content (AvgIpc) is 2.73. The number of aliphatic hydroxyl groups excluding tert-OH is 1. The predicted octanol–water partition coefficient (Wildman–Crippen LogP) is 0.199. The molecule has 0 aliphatic rings. The van der Waals surface area contributed by atoms with Crippen LogP contribution in [0.1, 0.15) is 13.8 Å². The molecule has 0 fully saturated rings. The molecule has 6 nitrogen and oxygen atoms in total. The molecule has 2 aromatic rings. The van der Waals surface area contributed by atoms with Gasteiger partial charge in [-0.1, -0.05) is 6.07 Å². The molecular weight excluding hydrogens is 244 g/mol. The van der Waals surface area contributed by atoms with Gasteiger partial charge in [-0.05, 0) is 33.0 Å². The molecule has 0 aliphatic heterocycles. The Bertz CT molecular complexity index is 614. The number of rotatable bonds is 5. The normalized spacial score (nSPS) is 12.5. The topological polar surface area (TPSA) is 62.8 Å². The minimum atomic E-state index is -0.303. The Morgan fingerprint density at radius 1 is 1.42 bits per heavy atom. The van der Waals surface area contributed by atoms with Crippen molar-refractivity contribution in [2.45, 2.75) is 25.9 Å². The van der Waals surface area contributed by atoms with E-state index in [1.165, 1.54) is 9.08 Å². The maximum Gasteiger partial charge on any atom is 0.350 e. The van der Waals surface area contributed by atoms with Crippen LogP contribution in [0.3, 0.4) is 0 Å². The second kappa shape index (κ2) is 5.14. The molecule has 104 valence electrons. The van der Waals surface area contributed by atoms with Crippen LogP contribution in [0.2, 0.25) is 0 Å². The zero-order valence-corrected chi connectivity index (χ0v) is 11.6. The zero-order chi connectivity index (χ0) is 14.0. The Balaban J connectivity index is 2.15. The molecule has 0 radical (unpaired) electrons. The Kier molecular flexibility index (Phi) is 3.73. The summed E-state index contributed by atoms with van der Waals surface area (Å²) in [4.78, 5) is 14.1. The van der Waals surface area contributed by atoms with Crippen LogP contribution in [0.25, 0.3) is 5.65 Å². The fraction of sp³-hybridized carbons (Fsp3) is 0.538. The Labute approximate surface area is 111 Å². The highest BCUT2D eigenvalue weighted by molar-refractivity contribution is 5.35. The van der Waals surface area contributed by atoms with E-state index in [2.05, 4.69) is 5.10 Å². The predicted molar refractivity (Wildman–Crippen MR) is 73.2 cm³/mol. The molecule has 0 saturated carbocycles. The van der Waals surface area contributed by atoms with Crippen molar-refractivity contribution in [3.8, 4) is 0 Å². The van der Waals surface area contributed by atoms with Gasteiger partial charge in [0.25, 0.3) is 0 Å². The Morgan fingerprint density at radius 2 is 2.16 bits per heavy atom. The summed E-state index contributed by atoms with van der Waals surface area (Å²) in [5.74, 6) is 0. The van der Waals surface area contributed by atoms with Gasteiger partial charge in [-0.25, -0.2) is 9.48 Å². The monoisotopic (exact) mass is 264 g/mol. The number of pyridine rings is 1. The molecule has 19 heavy (non-hydrogen) atoms. The van der Waals surface area contributed by atoms with Crippen molar-refractivity contribution in [1.29, 1.82) is 0 Å². The van der Waals surface area contributed by atoms with E-state index >= 15 is 0 Å². The van der Waals surface area contributed by atoms with Gasteiger partial charge in [-0.3, -0.25) is 9.30 Å². The molecule has 2 aromatic heterocycles. The molecule has 0 bridgehead atoms. The standard InChI is InChI=1S/C13H20N4O2/c1-13(2,10-18)15(3)8-9-17-12(19)16-7-5-4-6-11(16)14-17/h4-7,18H,8-10H2,1-3H3. The second-order valence-corrected chi connectivity index (χ2v) is 5.33. The average molecular weight is 264 g/mol. The highest BCUT2D eigenvalue weighted by Crippen LogP contribution is 2.10. The quantitative estimate of drug-likeness (QED) is 0.838. The van der Waals surface area contributed by atoms with Gasteiger partial charge in [-0.15, -0.1) is 5.10 Å². The largest absolute Gasteiger partial charge is 0.394 e. The lowest BCUT2D eigenvalue weighted by molar-refractivity contribution is 0.0753. The van der Waals surface area contributed by atoms with Crippen molar-refractivity contribution in [1.82, 2.24) is 19.1 Å². The third-order valence-corrected chi connectivity index (χ3v) is 3.56.